The van der Waals surface area contributed by atoms with E-state index in [4.69, 9.17) is 0 Å². The Morgan fingerprint density at radius 2 is 2.09 bits per heavy atom. The van der Waals surface area contributed by atoms with Gasteiger partial charge in [0.25, 0.3) is 5.91 Å². The lowest BCUT2D eigenvalue weighted by Crippen LogP contribution is -2.25. The van der Waals surface area contributed by atoms with Crippen LogP contribution in [0, 0.1) is 6.92 Å². The van der Waals surface area contributed by atoms with Gasteiger partial charge in [0.15, 0.2) is 0 Å². The first-order chi connectivity index (χ1) is 10.8. The number of aromatic nitrogens is 2. The average Bonchev–Trinajstić information content (AvgIpc) is 2.90. The third-order valence-corrected chi connectivity index (χ3v) is 3.84. The van der Waals surface area contributed by atoms with Crippen LogP contribution in [0.3, 0.4) is 0 Å². The minimum absolute atomic E-state index is 0.0418. The van der Waals surface area contributed by atoms with Crippen molar-refractivity contribution in [1.82, 2.24) is 15.3 Å². The molecule has 3 rings (SSSR count). The van der Waals surface area contributed by atoms with Crippen LogP contribution in [0.25, 0.3) is 10.9 Å². The summed E-state index contributed by atoms with van der Waals surface area (Å²) in [4.78, 5) is 19.6. The summed E-state index contributed by atoms with van der Waals surface area (Å²) in [5.41, 5.74) is 3.85. The molecule has 22 heavy (non-hydrogen) atoms. The number of nitrogens with one attached hydrogen (secondary N) is 2. The van der Waals surface area contributed by atoms with Gasteiger partial charge in [-0.25, -0.2) is 0 Å². The van der Waals surface area contributed by atoms with Crippen LogP contribution in [0.4, 0.5) is 0 Å². The summed E-state index contributed by atoms with van der Waals surface area (Å²) >= 11 is 0. The van der Waals surface area contributed by atoms with Crippen LogP contribution < -0.4 is 5.32 Å². The quantitative estimate of drug-likeness (QED) is 0.710. The Morgan fingerprint density at radius 1 is 1.23 bits per heavy atom. The summed E-state index contributed by atoms with van der Waals surface area (Å²) in [7, 11) is 0. The molecule has 1 amide bonds. The Morgan fingerprint density at radius 3 is 2.86 bits per heavy atom. The lowest BCUT2D eigenvalue weighted by Gasteiger charge is -2.05. The third kappa shape index (κ3) is 3.01. The molecule has 0 unspecified atom stereocenters. The van der Waals surface area contributed by atoms with Gasteiger partial charge >= 0.3 is 0 Å². The van der Waals surface area contributed by atoms with Crippen molar-refractivity contribution in [3.63, 3.8) is 0 Å². The molecule has 0 saturated carbocycles. The highest BCUT2D eigenvalue weighted by molar-refractivity contribution is 6.00. The Kier molecular flexibility index (Phi) is 4.19. The highest BCUT2D eigenvalue weighted by Crippen LogP contribution is 2.21. The molecule has 0 saturated heterocycles. The zero-order valence-electron chi connectivity index (χ0n) is 12.6. The monoisotopic (exact) mass is 293 g/mol. The number of hydrogen-bond acceptors (Lipinski definition) is 2. The van der Waals surface area contributed by atoms with E-state index >= 15 is 0 Å². The van der Waals surface area contributed by atoms with E-state index in [0.717, 1.165) is 29.3 Å². The van der Waals surface area contributed by atoms with E-state index in [1.54, 1.807) is 6.20 Å². The Hall–Kier alpha value is -2.62. The third-order valence-electron chi connectivity index (χ3n) is 3.84. The number of aryl methyl sites for hydroxylation is 2. The number of nitrogens with zero attached hydrogens (tertiary/aromatic N) is 1. The lowest BCUT2D eigenvalue weighted by molar-refractivity contribution is 0.0948. The molecule has 3 aromatic rings. The largest absolute Gasteiger partial charge is 0.351 e. The summed E-state index contributed by atoms with van der Waals surface area (Å²) in [6, 6.07) is 12.0. The van der Waals surface area contributed by atoms with Crippen LogP contribution in [-0.2, 0) is 6.42 Å². The van der Waals surface area contributed by atoms with Crippen LogP contribution >= 0.6 is 0 Å². The van der Waals surface area contributed by atoms with E-state index in [9.17, 15) is 4.79 Å². The van der Waals surface area contributed by atoms with Gasteiger partial charge in [-0.1, -0.05) is 24.3 Å². The number of pyridine rings is 1. The molecule has 0 fully saturated rings. The molecule has 0 spiro atoms. The smallest absolute Gasteiger partial charge is 0.268 e. The number of benzene rings is 1. The van der Waals surface area contributed by atoms with Crippen molar-refractivity contribution < 1.29 is 4.79 Å². The van der Waals surface area contributed by atoms with Gasteiger partial charge < -0.3 is 10.3 Å². The zero-order chi connectivity index (χ0) is 15.4. The highest BCUT2D eigenvalue weighted by atomic mass is 16.1. The van der Waals surface area contributed by atoms with E-state index in [1.807, 2.05) is 43.5 Å². The maximum Gasteiger partial charge on any atom is 0.268 e. The first-order valence-electron chi connectivity index (χ1n) is 7.50. The van der Waals surface area contributed by atoms with E-state index in [1.165, 1.54) is 5.56 Å². The van der Waals surface area contributed by atoms with Gasteiger partial charge in [0.1, 0.15) is 5.69 Å². The summed E-state index contributed by atoms with van der Waals surface area (Å²) in [6.07, 6.45) is 5.45. The standard InChI is InChI=1S/C18H19N3O/c1-13-15-8-2-3-9-16(15)21-17(13)18(22)20-11-5-7-14-6-4-10-19-12-14/h2-4,6,8-10,12,21H,5,7,11H2,1H3,(H,20,22). The van der Waals surface area contributed by atoms with E-state index in [0.29, 0.717) is 12.2 Å². The molecule has 0 radical (unpaired) electrons. The number of fused-ring (bicyclic) bond motifs is 1. The van der Waals surface area contributed by atoms with Crippen LogP contribution in [0.15, 0.2) is 48.8 Å². The van der Waals surface area contributed by atoms with Crippen molar-refractivity contribution >= 4 is 16.8 Å². The summed E-state index contributed by atoms with van der Waals surface area (Å²) in [6.45, 7) is 2.63. The number of para-hydroxylation sites is 1. The number of carbonyl (C=O) groups is 1. The summed E-state index contributed by atoms with van der Waals surface area (Å²) in [5.74, 6) is -0.0418. The molecule has 4 nitrogen and oxygen atoms in total. The van der Waals surface area contributed by atoms with Crippen molar-refractivity contribution in [2.24, 2.45) is 0 Å². The van der Waals surface area contributed by atoms with E-state index in [2.05, 4.69) is 21.4 Å². The first-order valence-corrected chi connectivity index (χ1v) is 7.50. The fourth-order valence-corrected chi connectivity index (χ4v) is 2.64. The molecule has 0 bridgehead atoms. The zero-order valence-corrected chi connectivity index (χ0v) is 12.6. The normalized spacial score (nSPS) is 10.8. The molecule has 0 aliphatic carbocycles. The maximum absolute atomic E-state index is 12.3. The molecule has 0 atom stereocenters. The second-order valence-electron chi connectivity index (χ2n) is 5.39. The lowest BCUT2D eigenvalue weighted by atomic mass is 10.1. The van der Waals surface area contributed by atoms with Gasteiger partial charge in [0.05, 0.1) is 0 Å². The highest BCUT2D eigenvalue weighted by Gasteiger charge is 2.13. The van der Waals surface area contributed by atoms with Gasteiger partial charge in [0, 0.05) is 29.8 Å². The Labute approximate surface area is 129 Å². The van der Waals surface area contributed by atoms with Gasteiger partial charge in [0.2, 0.25) is 0 Å². The summed E-state index contributed by atoms with van der Waals surface area (Å²) < 4.78 is 0. The average molecular weight is 293 g/mol. The van der Waals surface area contributed by atoms with Crippen LogP contribution in [-0.4, -0.2) is 22.4 Å². The molecule has 2 N–H and O–H groups in total. The van der Waals surface area contributed by atoms with Crippen molar-refractivity contribution in [3.05, 3.63) is 65.6 Å². The molecule has 4 heteroatoms. The van der Waals surface area contributed by atoms with E-state index < -0.39 is 0 Å². The van der Waals surface area contributed by atoms with Gasteiger partial charge in [-0.3, -0.25) is 9.78 Å². The van der Waals surface area contributed by atoms with Gasteiger partial charge in [-0.05, 0) is 43.0 Å². The molecule has 2 aromatic heterocycles. The first kappa shape index (κ1) is 14.3. The van der Waals surface area contributed by atoms with Crippen LogP contribution in [0.5, 0.6) is 0 Å². The molecule has 2 heterocycles. The molecular weight excluding hydrogens is 274 g/mol. The summed E-state index contributed by atoms with van der Waals surface area (Å²) in [5, 5.41) is 4.08. The molecule has 1 aromatic carbocycles. The van der Waals surface area contributed by atoms with Crippen LogP contribution in [0.2, 0.25) is 0 Å². The topological polar surface area (TPSA) is 57.8 Å². The minimum Gasteiger partial charge on any atom is -0.351 e. The number of carbonyl (C=O) groups excluding carboxylic acids is 1. The van der Waals surface area contributed by atoms with Gasteiger partial charge in [-0.2, -0.15) is 0 Å². The molecule has 0 aliphatic heterocycles. The van der Waals surface area contributed by atoms with Crippen molar-refractivity contribution in [3.8, 4) is 0 Å². The van der Waals surface area contributed by atoms with Gasteiger partial charge in [-0.15, -0.1) is 0 Å². The second-order valence-corrected chi connectivity index (χ2v) is 5.39. The molecule has 112 valence electrons. The SMILES string of the molecule is Cc1c(C(=O)NCCCc2cccnc2)[nH]c2ccccc12. The number of hydrogen-bond donors (Lipinski definition) is 2. The predicted octanol–water partition coefficient (Wildman–Crippen LogP) is 3.23. The van der Waals surface area contributed by atoms with Crippen LogP contribution in [0.1, 0.15) is 28.0 Å². The number of H-pyrrole nitrogens is 1. The predicted molar refractivity (Wildman–Crippen MR) is 87.9 cm³/mol. The minimum atomic E-state index is -0.0418. The Balaban J connectivity index is 1.58. The number of amides is 1. The fourth-order valence-electron chi connectivity index (χ4n) is 2.64. The number of aromatic amines is 1. The van der Waals surface area contributed by atoms with Crippen molar-refractivity contribution in [2.45, 2.75) is 19.8 Å². The molecule has 0 aliphatic rings. The van der Waals surface area contributed by atoms with Crippen molar-refractivity contribution in [2.75, 3.05) is 6.54 Å². The maximum atomic E-state index is 12.3. The molecular formula is C18H19N3O. The Bertz CT molecular complexity index is 777. The van der Waals surface area contributed by atoms with Crippen molar-refractivity contribution in [1.29, 1.82) is 0 Å². The van der Waals surface area contributed by atoms with E-state index in [-0.39, 0.29) is 5.91 Å². The fraction of sp³-hybridized carbons (Fsp3) is 0.222. The second kappa shape index (κ2) is 6.43. The number of rotatable bonds is 5.